The number of rotatable bonds is 6. The minimum atomic E-state index is -0.525. The van der Waals surface area contributed by atoms with E-state index in [1.54, 1.807) is 54.6 Å². The first-order valence-electron chi connectivity index (χ1n) is 10.3. The number of carbonyl (C=O) groups is 2. The Hall–Kier alpha value is -2.07. The van der Waals surface area contributed by atoms with E-state index in [0.29, 0.717) is 30.2 Å². The first-order chi connectivity index (χ1) is 17.1. The van der Waals surface area contributed by atoms with E-state index >= 15 is 0 Å². The number of hydrogen-bond acceptors (Lipinski definition) is 5. The van der Waals surface area contributed by atoms with Gasteiger partial charge >= 0.3 is 0 Å². The Labute approximate surface area is 240 Å². The molecule has 36 heavy (non-hydrogen) atoms. The van der Waals surface area contributed by atoms with Crippen LogP contribution >= 0.6 is 74.7 Å². The van der Waals surface area contributed by atoms with Crippen LogP contribution in [0, 0.1) is 6.92 Å². The van der Waals surface area contributed by atoms with Crippen molar-refractivity contribution in [2.75, 3.05) is 0 Å². The van der Waals surface area contributed by atoms with Crippen LogP contribution in [-0.2, 0) is 11.4 Å². The van der Waals surface area contributed by atoms with E-state index in [-0.39, 0.29) is 16.5 Å². The van der Waals surface area contributed by atoms with Crippen LogP contribution in [0.5, 0.6) is 5.75 Å². The van der Waals surface area contributed by atoms with Crippen molar-refractivity contribution in [3.63, 3.8) is 0 Å². The van der Waals surface area contributed by atoms with E-state index in [2.05, 4.69) is 21.4 Å². The van der Waals surface area contributed by atoms with Gasteiger partial charge in [0, 0.05) is 15.6 Å². The summed E-state index contributed by atoms with van der Waals surface area (Å²) in [5.41, 5.74) is 5.25. The molecule has 0 saturated carbocycles. The Morgan fingerprint density at radius 1 is 1.11 bits per heavy atom. The molecule has 2 amide bonds. The molecule has 1 saturated heterocycles. The largest absolute Gasteiger partial charge is 0.488 e. The number of ether oxygens (including phenoxy) is 1. The lowest BCUT2D eigenvalue weighted by atomic mass is 10.1. The minimum Gasteiger partial charge on any atom is -0.488 e. The average molecular weight is 643 g/mol. The Morgan fingerprint density at radius 3 is 2.58 bits per heavy atom. The summed E-state index contributed by atoms with van der Waals surface area (Å²) in [6.45, 7) is 2.13. The van der Waals surface area contributed by atoms with E-state index in [9.17, 15) is 9.59 Å². The summed E-state index contributed by atoms with van der Waals surface area (Å²) in [7, 11) is 0. The van der Waals surface area contributed by atoms with Crippen molar-refractivity contribution in [3.05, 3.63) is 101 Å². The number of hydrazine groups is 1. The molecule has 1 heterocycles. The molecule has 4 rings (SSSR count). The molecule has 0 aromatic heterocycles. The van der Waals surface area contributed by atoms with Crippen LogP contribution in [0.1, 0.15) is 27.0 Å². The van der Waals surface area contributed by atoms with Gasteiger partial charge in [-0.05, 0) is 88.7 Å². The van der Waals surface area contributed by atoms with Crippen molar-refractivity contribution >= 4 is 96.9 Å². The topological polar surface area (TPSA) is 58.6 Å². The molecule has 0 atom stereocenters. The fraction of sp³-hybridized carbons (Fsp3) is 0.0800. The molecule has 5 nitrogen and oxygen atoms in total. The third-order valence-electron chi connectivity index (χ3n) is 5.03. The summed E-state index contributed by atoms with van der Waals surface area (Å²) >= 11 is 28.2. The van der Waals surface area contributed by atoms with Crippen molar-refractivity contribution < 1.29 is 14.3 Å². The van der Waals surface area contributed by atoms with Gasteiger partial charge in [-0.1, -0.05) is 64.8 Å². The number of thioether (sulfide) groups is 1. The number of halogens is 4. The van der Waals surface area contributed by atoms with Gasteiger partial charge in [-0.25, -0.2) is 0 Å². The molecule has 1 fully saturated rings. The van der Waals surface area contributed by atoms with Gasteiger partial charge in [0.05, 0.1) is 20.0 Å². The molecule has 0 radical (unpaired) electrons. The maximum absolute atomic E-state index is 12.9. The molecular weight excluding hydrogens is 627 g/mol. The van der Waals surface area contributed by atoms with Gasteiger partial charge in [-0.3, -0.25) is 15.0 Å². The molecule has 0 bridgehead atoms. The molecule has 1 aliphatic rings. The van der Waals surface area contributed by atoms with Crippen LogP contribution in [0.2, 0.25) is 15.1 Å². The van der Waals surface area contributed by atoms with E-state index in [1.165, 1.54) is 0 Å². The minimum absolute atomic E-state index is 0.210. The van der Waals surface area contributed by atoms with Gasteiger partial charge < -0.3 is 4.74 Å². The summed E-state index contributed by atoms with van der Waals surface area (Å²) < 4.78 is 6.78. The molecule has 3 aromatic carbocycles. The zero-order chi connectivity index (χ0) is 26.0. The quantitative estimate of drug-likeness (QED) is 0.219. The second kappa shape index (κ2) is 11.5. The van der Waals surface area contributed by atoms with Crippen LogP contribution in [-0.4, -0.2) is 21.1 Å². The van der Waals surface area contributed by atoms with Crippen LogP contribution in [0.3, 0.4) is 0 Å². The summed E-state index contributed by atoms with van der Waals surface area (Å²) in [5, 5.41) is 2.42. The maximum atomic E-state index is 12.9. The summed E-state index contributed by atoms with van der Waals surface area (Å²) in [5.74, 6) is -0.356. The van der Waals surface area contributed by atoms with Crippen LogP contribution in [0.15, 0.2) is 64.0 Å². The van der Waals surface area contributed by atoms with Gasteiger partial charge in [0.2, 0.25) is 0 Å². The summed E-state index contributed by atoms with van der Waals surface area (Å²) in [6.07, 6.45) is 1.69. The average Bonchev–Trinajstić information content (AvgIpc) is 3.06. The Bertz CT molecular complexity index is 1430. The molecule has 184 valence electrons. The number of hydrogen-bond donors (Lipinski definition) is 1. The smallest absolute Gasteiger partial charge is 0.285 e. The van der Waals surface area contributed by atoms with Crippen molar-refractivity contribution in [1.82, 2.24) is 10.4 Å². The van der Waals surface area contributed by atoms with Crippen molar-refractivity contribution in [2.24, 2.45) is 0 Å². The number of carbonyl (C=O) groups excluding carboxylic acids is 2. The highest BCUT2D eigenvalue weighted by Crippen LogP contribution is 2.34. The molecule has 1 N–H and O–H groups in total. The van der Waals surface area contributed by atoms with E-state index in [4.69, 9.17) is 51.8 Å². The van der Waals surface area contributed by atoms with E-state index < -0.39 is 11.8 Å². The summed E-state index contributed by atoms with van der Waals surface area (Å²) in [4.78, 5) is 26.0. The molecule has 0 aliphatic carbocycles. The molecule has 1 aliphatic heterocycles. The second-order valence-corrected chi connectivity index (χ2v) is 11.4. The monoisotopic (exact) mass is 640 g/mol. The molecule has 0 unspecified atom stereocenters. The normalized spacial score (nSPS) is 14.5. The molecule has 3 aromatic rings. The van der Waals surface area contributed by atoms with Crippen LogP contribution in [0.4, 0.5) is 0 Å². The standard InChI is InChI=1S/C25H16BrCl3N2O3S2/c1-13-2-6-17(20(29)8-13)23(32)30-31-24(33)22(36-25(31)35)10-14-3-7-21(18(26)9-14)34-12-15-4-5-16(27)11-19(15)28/h2-11H,12H2,1H3,(H,30,32)/b22-10+. The number of thiocarbonyl (C=S) groups is 1. The molecule has 0 spiro atoms. The van der Waals surface area contributed by atoms with Crippen molar-refractivity contribution in [2.45, 2.75) is 13.5 Å². The van der Waals surface area contributed by atoms with E-state index in [0.717, 1.165) is 33.5 Å². The molecule has 11 heteroatoms. The predicted molar refractivity (Wildman–Crippen MR) is 154 cm³/mol. The highest BCUT2D eigenvalue weighted by Gasteiger charge is 2.34. The lowest BCUT2D eigenvalue weighted by Gasteiger charge is -2.16. The second-order valence-electron chi connectivity index (χ2n) is 7.66. The number of amides is 2. The lowest BCUT2D eigenvalue weighted by Crippen LogP contribution is -2.44. The number of nitrogens with zero attached hydrogens (tertiary/aromatic N) is 1. The highest BCUT2D eigenvalue weighted by atomic mass is 79.9. The highest BCUT2D eigenvalue weighted by molar-refractivity contribution is 9.10. The SMILES string of the molecule is Cc1ccc(C(=O)NN2C(=O)/C(=C\c3ccc(OCc4ccc(Cl)cc4Cl)c(Br)c3)SC2=S)c(Cl)c1. The maximum Gasteiger partial charge on any atom is 0.285 e. The fourth-order valence-corrected chi connectivity index (χ4v) is 5.67. The van der Waals surface area contributed by atoms with Gasteiger partial charge in [-0.15, -0.1) is 0 Å². The third kappa shape index (κ3) is 6.25. The Morgan fingerprint density at radius 2 is 1.89 bits per heavy atom. The number of benzene rings is 3. The first kappa shape index (κ1) is 27.0. The van der Waals surface area contributed by atoms with Gasteiger partial charge in [0.15, 0.2) is 4.32 Å². The van der Waals surface area contributed by atoms with Crippen molar-refractivity contribution in [3.8, 4) is 5.75 Å². The van der Waals surface area contributed by atoms with Gasteiger partial charge in [-0.2, -0.15) is 5.01 Å². The number of aryl methyl sites for hydroxylation is 1. The predicted octanol–water partition coefficient (Wildman–Crippen LogP) is 7.84. The fourth-order valence-electron chi connectivity index (χ4n) is 3.20. The van der Waals surface area contributed by atoms with Crippen LogP contribution in [0.25, 0.3) is 6.08 Å². The summed E-state index contributed by atoms with van der Waals surface area (Å²) in [6, 6.07) is 15.7. The van der Waals surface area contributed by atoms with Crippen LogP contribution < -0.4 is 10.2 Å². The van der Waals surface area contributed by atoms with Crippen molar-refractivity contribution in [1.29, 1.82) is 0 Å². The Kier molecular flexibility index (Phi) is 8.65. The first-order valence-corrected chi connectivity index (χ1v) is 13.5. The zero-order valence-corrected chi connectivity index (χ0v) is 24.0. The zero-order valence-electron chi connectivity index (χ0n) is 18.5. The van der Waals surface area contributed by atoms with Gasteiger partial charge in [0.1, 0.15) is 12.4 Å². The molecular formula is C25H16BrCl3N2O3S2. The number of nitrogens with one attached hydrogen (secondary N) is 1. The van der Waals surface area contributed by atoms with E-state index in [1.807, 2.05) is 13.0 Å². The Balaban J connectivity index is 1.45. The lowest BCUT2D eigenvalue weighted by molar-refractivity contribution is -0.123. The van der Waals surface area contributed by atoms with Gasteiger partial charge in [0.25, 0.3) is 11.8 Å². The third-order valence-corrected chi connectivity index (χ3v) is 7.85.